The van der Waals surface area contributed by atoms with Crippen molar-refractivity contribution in [2.75, 3.05) is 13.2 Å². The Kier molecular flexibility index (Phi) is 6.68. The molecule has 0 aromatic carbocycles. The Bertz CT molecular complexity index is 322. The molecule has 17 heavy (non-hydrogen) atoms. The van der Waals surface area contributed by atoms with Gasteiger partial charge in [0, 0.05) is 12.2 Å². The van der Waals surface area contributed by atoms with Crippen LogP contribution in [0.2, 0.25) is 0 Å². The summed E-state index contributed by atoms with van der Waals surface area (Å²) >= 11 is 0. The molecule has 0 aliphatic rings. The zero-order valence-corrected chi connectivity index (χ0v) is 8.84. The van der Waals surface area contributed by atoms with Crippen LogP contribution in [0.15, 0.2) is 25.3 Å². The monoisotopic (exact) mass is 242 g/mol. The van der Waals surface area contributed by atoms with Crippen molar-refractivity contribution in [2.45, 2.75) is 0 Å². The van der Waals surface area contributed by atoms with Crippen LogP contribution in [0.5, 0.6) is 0 Å². The van der Waals surface area contributed by atoms with E-state index in [4.69, 9.17) is 0 Å². The number of carbonyl (C=O) groups is 4. The van der Waals surface area contributed by atoms with Crippen LogP contribution in [0.4, 0.5) is 0 Å². The third-order valence-corrected chi connectivity index (χ3v) is 1.23. The molecule has 0 spiro atoms. The molecule has 0 rings (SSSR count). The van der Waals surface area contributed by atoms with Crippen molar-refractivity contribution in [3.63, 3.8) is 0 Å². The van der Waals surface area contributed by atoms with Crippen molar-refractivity contribution in [1.82, 2.24) is 0 Å². The van der Waals surface area contributed by atoms with E-state index in [0.717, 1.165) is 12.2 Å². The molecule has 0 saturated heterocycles. The lowest BCUT2D eigenvalue weighted by Gasteiger charge is -2.03. The number of hydrogen-bond donors (Lipinski definition) is 0. The Morgan fingerprint density at radius 2 is 1.18 bits per heavy atom. The fraction of sp³-hybridized carbons (Fsp3) is 0.200. The van der Waals surface area contributed by atoms with Crippen LogP contribution in [-0.4, -0.2) is 37.1 Å². The van der Waals surface area contributed by atoms with Gasteiger partial charge in [-0.1, -0.05) is 13.2 Å². The maximum Gasteiger partial charge on any atom is 0.352 e. The second-order valence-electron chi connectivity index (χ2n) is 2.47. The molecule has 0 aromatic heterocycles. The zero-order valence-electron chi connectivity index (χ0n) is 8.84. The average molecular weight is 242 g/mol. The molecule has 0 aliphatic carbocycles. The first-order chi connectivity index (χ1) is 7.99. The number of rotatable bonds is 6. The van der Waals surface area contributed by atoms with Crippen LogP contribution < -0.4 is 0 Å². The third-order valence-electron chi connectivity index (χ3n) is 1.23. The van der Waals surface area contributed by atoms with Crippen LogP contribution in [0.3, 0.4) is 0 Å². The Morgan fingerprint density at radius 1 is 0.824 bits per heavy atom. The highest BCUT2D eigenvalue weighted by Crippen LogP contribution is 1.88. The molecule has 0 unspecified atom stereocenters. The van der Waals surface area contributed by atoms with E-state index in [1.807, 2.05) is 0 Å². The molecule has 0 radical (unpaired) electrons. The van der Waals surface area contributed by atoms with Gasteiger partial charge < -0.3 is 14.2 Å². The second-order valence-corrected chi connectivity index (χ2v) is 2.47. The van der Waals surface area contributed by atoms with E-state index in [1.54, 1.807) is 0 Å². The van der Waals surface area contributed by atoms with Gasteiger partial charge in [0.15, 0.2) is 13.2 Å². The topological polar surface area (TPSA) is 96.0 Å². The molecule has 0 amide bonds. The molecule has 0 aromatic rings. The van der Waals surface area contributed by atoms with Gasteiger partial charge in [-0.25, -0.2) is 19.2 Å². The van der Waals surface area contributed by atoms with Gasteiger partial charge in [-0.3, -0.25) is 0 Å². The molecule has 7 heteroatoms. The largest absolute Gasteiger partial charge is 0.451 e. The molecular weight excluding hydrogens is 232 g/mol. The molecule has 7 nitrogen and oxygen atoms in total. The minimum Gasteiger partial charge on any atom is -0.451 e. The Morgan fingerprint density at radius 3 is 1.47 bits per heavy atom. The molecule has 0 N–H and O–H groups in total. The van der Waals surface area contributed by atoms with Gasteiger partial charge in [0.1, 0.15) is 0 Å². The molecule has 0 bridgehead atoms. The van der Waals surface area contributed by atoms with Crippen molar-refractivity contribution in [1.29, 1.82) is 0 Å². The SMILES string of the molecule is C=CC(=O)OCC(=O)OC(=O)COC(=O)C=C. The average Bonchev–Trinajstić information content (AvgIpc) is 2.32. The highest BCUT2D eigenvalue weighted by Gasteiger charge is 2.13. The fourth-order valence-electron chi connectivity index (χ4n) is 0.564. The van der Waals surface area contributed by atoms with Gasteiger partial charge in [0.25, 0.3) is 0 Å². The summed E-state index contributed by atoms with van der Waals surface area (Å²) in [5.41, 5.74) is 0. The van der Waals surface area contributed by atoms with E-state index in [9.17, 15) is 19.2 Å². The van der Waals surface area contributed by atoms with Gasteiger partial charge in [-0.05, 0) is 0 Å². The predicted octanol–water partition coefficient (Wildman–Crippen LogP) is -0.485. The maximum atomic E-state index is 10.9. The minimum atomic E-state index is -1.08. The van der Waals surface area contributed by atoms with E-state index in [0.29, 0.717) is 0 Å². The Labute approximate surface area is 96.6 Å². The highest BCUT2D eigenvalue weighted by molar-refractivity contribution is 5.90. The first-order valence-electron chi connectivity index (χ1n) is 4.31. The summed E-state index contributed by atoms with van der Waals surface area (Å²) in [7, 11) is 0. The number of hydrogen-bond acceptors (Lipinski definition) is 7. The standard InChI is InChI=1S/C10H10O7/c1-3-7(11)15-5-9(13)17-10(14)6-16-8(12)4-2/h3-4H,1-2,5-6H2. The fourth-order valence-corrected chi connectivity index (χ4v) is 0.564. The normalized spacial score (nSPS) is 8.71. The summed E-state index contributed by atoms with van der Waals surface area (Å²) in [5.74, 6) is -3.82. The van der Waals surface area contributed by atoms with Gasteiger partial charge in [-0.2, -0.15) is 0 Å². The van der Waals surface area contributed by atoms with Crippen molar-refractivity contribution in [3.05, 3.63) is 25.3 Å². The minimum absolute atomic E-state index is 0.730. The second kappa shape index (κ2) is 7.80. The van der Waals surface area contributed by atoms with E-state index in [1.165, 1.54) is 0 Å². The molecule has 0 heterocycles. The van der Waals surface area contributed by atoms with Crippen molar-refractivity contribution >= 4 is 23.9 Å². The van der Waals surface area contributed by atoms with Gasteiger partial charge >= 0.3 is 23.9 Å². The van der Waals surface area contributed by atoms with Crippen LogP contribution in [-0.2, 0) is 33.4 Å². The van der Waals surface area contributed by atoms with Crippen LogP contribution in [0.25, 0.3) is 0 Å². The summed E-state index contributed by atoms with van der Waals surface area (Å²) in [6.45, 7) is 4.73. The molecule has 0 atom stereocenters. The lowest BCUT2D eigenvalue weighted by atomic mass is 10.6. The highest BCUT2D eigenvalue weighted by atomic mass is 16.6. The molecular formula is C10H10O7. The zero-order chi connectivity index (χ0) is 13.3. The van der Waals surface area contributed by atoms with E-state index >= 15 is 0 Å². The number of ether oxygens (including phenoxy) is 3. The molecule has 0 aliphatic heterocycles. The summed E-state index contributed by atoms with van der Waals surface area (Å²) in [4.78, 5) is 42.8. The first kappa shape index (κ1) is 14.6. The number of carbonyl (C=O) groups excluding carboxylic acids is 4. The third kappa shape index (κ3) is 7.48. The van der Waals surface area contributed by atoms with E-state index in [2.05, 4.69) is 27.4 Å². The quantitative estimate of drug-likeness (QED) is 0.268. The van der Waals surface area contributed by atoms with Gasteiger partial charge in [-0.15, -0.1) is 0 Å². The van der Waals surface area contributed by atoms with E-state index < -0.39 is 37.1 Å². The summed E-state index contributed by atoms with van der Waals surface area (Å²) in [6.07, 6.45) is 1.70. The predicted molar refractivity (Wildman–Crippen MR) is 53.4 cm³/mol. The van der Waals surface area contributed by atoms with Gasteiger partial charge in [0.2, 0.25) is 0 Å². The summed E-state index contributed by atoms with van der Waals surface area (Å²) in [6, 6.07) is 0. The first-order valence-corrected chi connectivity index (χ1v) is 4.31. The Balaban J connectivity index is 3.84. The summed E-state index contributed by atoms with van der Waals surface area (Å²) < 4.78 is 12.7. The summed E-state index contributed by atoms with van der Waals surface area (Å²) in [5, 5.41) is 0. The van der Waals surface area contributed by atoms with Crippen LogP contribution >= 0.6 is 0 Å². The lowest BCUT2D eigenvalue weighted by molar-refractivity contribution is -0.170. The van der Waals surface area contributed by atoms with Gasteiger partial charge in [0.05, 0.1) is 0 Å². The molecule has 92 valence electrons. The molecule has 0 fully saturated rings. The van der Waals surface area contributed by atoms with Crippen molar-refractivity contribution in [2.24, 2.45) is 0 Å². The number of esters is 4. The lowest BCUT2D eigenvalue weighted by Crippen LogP contribution is -2.22. The van der Waals surface area contributed by atoms with E-state index in [-0.39, 0.29) is 0 Å². The van der Waals surface area contributed by atoms with Crippen molar-refractivity contribution in [3.8, 4) is 0 Å². The Hall–Kier alpha value is -2.44. The van der Waals surface area contributed by atoms with Crippen LogP contribution in [0.1, 0.15) is 0 Å². The smallest absolute Gasteiger partial charge is 0.352 e. The van der Waals surface area contributed by atoms with Crippen LogP contribution in [0, 0.1) is 0 Å². The maximum absolute atomic E-state index is 10.9. The molecule has 0 saturated carbocycles. The van der Waals surface area contributed by atoms with Crippen molar-refractivity contribution < 1.29 is 33.4 Å².